The van der Waals surface area contributed by atoms with Crippen LogP contribution in [0.1, 0.15) is 5.69 Å². The third-order valence-corrected chi connectivity index (χ3v) is 2.41. The summed E-state index contributed by atoms with van der Waals surface area (Å²) in [4.78, 5) is 17.6. The minimum absolute atomic E-state index is 0.0252. The molecule has 2 aromatic heterocycles. The van der Waals surface area contributed by atoms with Crippen molar-refractivity contribution in [3.63, 3.8) is 0 Å². The fraction of sp³-hybridized carbons (Fsp3) is 0.111. The van der Waals surface area contributed by atoms with Crippen LogP contribution in [0.15, 0.2) is 34.6 Å². The highest BCUT2D eigenvalue weighted by Crippen LogP contribution is 2.03. The average molecular weight is 207 g/mol. The molecule has 0 bridgehead atoms. The largest absolute Gasteiger partial charge is 0.364 e. The number of H-pyrrole nitrogens is 1. The Morgan fingerprint density at radius 1 is 1.50 bits per heavy atom. The summed E-state index contributed by atoms with van der Waals surface area (Å²) in [5, 5.41) is 4.90. The number of aromatic nitrogens is 2. The lowest BCUT2D eigenvalue weighted by Gasteiger charge is -2.01. The van der Waals surface area contributed by atoms with Crippen molar-refractivity contribution in [2.45, 2.75) is 6.54 Å². The van der Waals surface area contributed by atoms with Crippen LogP contribution in [0.25, 0.3) is 0 Å². The predicted octanol–water partition coefficient (Wildman–Crippen LogP) is 1.44. The maximum Gasteiger partial charge on any atom is 0.304 e. The Balaban J connectivity index is 1.98. The smallest absolute Gasteiger partial charge is 0.304 e. The number of hydrogen-bond donors (Lipinski definition) is 2. The van der Waals surface area contributed by atoms with Crippen LogP contribution in [0.4, 0.5) is 5.82 Å². The minimum Gasteiger partial charge on any atom is -0.364 e. The van der Waals surface area contributed by atoms with E-state index in [1.54, 1.807) is 11.6 Å². The molecule has 0 amide bonds. The lowest BCUT2D eigenvalue weighted by Crippen LogP contribution is -2.03. The van der Waals surface area contributed by atoms with E-state index in [0.717, 1.165) is 11.5 Å². The molecular weight excluding hydrogens is 198 g/mol. The van der Waals surface area contributed by atoms with E-state index in [9.17, 15) is 4.79 Å². The highest BCUT2D eigenvalue weighted by Gasteiger charge is 1.96. The van der Waals surface area contributed by atoms with Gasteiger partial charge in [-0.1, -0.05) is 17.4 Å². The van der Waals surface area contributed by atoms with E-state index in [4.69, 9.17) is 0 Å². The molecule has 0 aliphatic carbocycles. The van der Waals surface area contributed by atoms with E-state index in [2.05, 4.69) is 15.3 Å². The van der Waals surface area contributed by atoms with E-state index in [0.29, 0.717) is 6.54 Å². The Bertz CT molecular complexity index is 448. The number of thiazole rings is 1. The standard InChI is InChI=1S/C9H9N3OS/c13-9-12-7(6-14-9)5-11-8-3-1-2-4-10-8/h1-4,6H,5H2,(H,10,11)(H,12,13). The summed E-state index contributed by atoms with van der Waals surface area (Å²) in [6.07, 6.45) is 1.72. The predicted molar refractivity (Wildman–Crippen MR) is 56.5 cm³/mol. The molecule has 0 atom stereocenters. The van der Waals surface area contributed by atoms with Crippen molar-refractivity contribution in [1.29, 1.82) is 0 Å². The molecule has 2 rings (SSSR count). The Kier molecular flexibility index (Phi) is 2.60. The van der Waals surface area contributed by atoms with Gasteiger partial charge in [-0.15, -0.1) is 0 Å². The summed E-state index contributed by atoms with van der Waals surface area (Å²) in [7, 11) is 0. The number of nitrogens with one attached hydrogen (secondary N) is 2. The van der Waals surface area contributed by atoms with Gasteiger partial charge in [-0.2, -0.15) is 0 Å². The van der Waals surface area contributed by atoms with Gasteiger partial charge in [-0.05, 0) is 12.1 Å². The molecule has 2 heterocycles. The zero-order valence-electron chi connectivity index (χ0n) is 7.36. The van der Waals surface area contributed by atoms with Crippen molar-refractivity contribution >= 4 is 17.2 Å². The first-order valence-electron chi connectivity index (χ1n) is 4.16. The van der Waals surface area contributed by atoms with Crippen molar-refractivity contribution in [2.75, 3.05) is 5.32 Å². The fourth-order valence-corrected chi connectivity index (χ4v) is 1.64. The Labute approximate surface area is 84.6 Å². The van der Waals surface area contributed by atoms with E-state index in [1.165, 1.54) is 11.3 Å². The third-order valence-electron chi connectivity index (χ3n) is 1.70. The van der Waals surface area contributed by atoms with Crippen LogP contribution >= 0.6 is 11.3 Å². The first-order valence-corrected chi connectivity index (χ1v) is 5.04. The Hall–Kier alpha value is -1.62. The van der Waals surface area contributed by atoms with Gasteiger partial charge in [-0.3, -0.25) is 4.79 Å². The summed E-state index contributed by atoms with van der Waals surface area (Å²) >= 11 is 1.17. The second-order valence-corrected chi connectivity index (χ2v) is 3.58. The number of anilines is 1. The molecule has 0 fully saturated rings. The zero-order valence-corrected chi connectivity index (χ0v) is 8.17. The van der Waals surface area contributed by atoms with E-state index in [-0.39, 0.29) is 4.87 Å². The quantitative estimate of drug-likeness (QED) is 0.800. The molecule has 0 spiro atoms. The number of hydrogen-bond acceptors (Lipinski definition) is 4. The molecule has 4 nitrogen and oxygen atoms in total. The van der Waals surface area contributed by atoms with Crippen LogP contribution < -0.4 is 10.2 Å². The van der Waals surface area contributed by atoms with Gasteiger partial charge in [0.05, 0.1) is 6.54 Å². The first-order chi connectivity index (χ1) is 6.84. The van der Waals surface area contributed by atoms with Gasteiger partial charge in [-0.25, -0.2) is 4.98 Å². The van der Waals surface area contributed by atoms with Gasteiger partial charge >= 0.3 is 4.87 Å². The van der Waals surface area contributed by atoms with Gasteiger partial charge in [0.2, 0.25) is 0 Å². The summed E-state index contributed by atoms with van der Waals surface area (Å²) in [6.45, 7) is 0.593. The molecule has 14 heavy (non-hydrogen) atoms. The topological polar surface area (TPSA) is 57.8 Å². The third kappa shape index (κ3) is 2.20. The number of pyridine rings is 1. The molecule has 0 aliphatic rings. The maximum atomic E-state index is 10.8. The maximum absolute atomic E-state index is 10.8. The Morgan fingerprint density at radius 3 is 3.07 bits per heavy atom. The van der Waals surface area contributed by atoms with Gasteiger partial charge in [0.15, 0.2) is 0 Å². The van der Waals surface area contributed by atoms with Gasteiger partial charge in [0, 0.05) is 17.3 Å². The molecule has 0 saturated carbocycles. The van der Waals surface area contributed by atoms with Gasteiger partial charge in [0.1, 0.15) is 5.82 Å². The lowest BCUT2D eigenvalue weighted by molar-refractivity contribution is 1.04. The van der Waals surface area contributed by atoms with E-state index >= 15 is 0 Å². The van der Waals surface area contributed by atoms with Gasteiger partial charge < -0.3 is 10.3 Å². The monoisotopic (exact) mass is 207 g/mol. The van der Waals surface area contributed by atoms with Crippen LogP contribution in [0.5, 0.6) is 0 Å². The highest BCUT2D eigenvalue weighted by atomic mass is 32.1. The van der Waals surface area contributed by atoms with E-state index in [1.807, 2.05) is 18.2 Å². The van der Waals surface area contributed by atoms with Crippen molar-refractivity contribution in [2.24, 2.45) is 0 Å². The van der Waals surface area contributed by atoms with Crippen LogP contribution in [0.2, 0.25) is 0 Å². The molecule has 72 valence electrons. The lowest BCUT2D eigenvalue weighted by atomic mass is 10.4. The number of rotatable bonds is 3. The van der Waals surface area contributed by atoms with E-state index < -0.39 is 0 Å². The first kappa shape index (κ1) is 8.96. The molecule has 0 aromatic carbocycles. The SMILES string of the molecule is O=c1[nH]c(CNc2ccccn2)cs1. The molecule has 5 heteroatoms. The average Bonchev–Trinajstić information content (AvgIpc) is 2.63. The highest BCUT2D eigenvalue weighted by molar-refractivity contribution is 7.07. The normalized spacial score (nSPS) is 10.0. The van der Waals surface area contributed by atoms with Crippen LogP contribution in [0, 0.1) is 0 Å². The molecular formula is C9H9N3OS. The van der Waals surface area contributed by atoms with Crippen LogP contribution in [-0.2, 0) is 6.54 Å². The molecule has 0 saturated heterocycles. The fourth-order valence-electron chi connectivity index (χ4n) is 1.05. The molecule has 2 aromatic rings. The summed E-state index contributed by atoms with van der Waals surface area (Å²) < 4.78 is 0. The van der Waals surface area contributed by atoms with Crippen molar-refractivity contribution in [3.05, 3.63) is 45.1 Å². The summed E-state index contributed by atoms with van der Waals surface area (Å²) in [5.41, 5.74) is 0.880. The summed E-state index contributed by atoms with van der Waals surface area (Å²) in [6, 6.07) is 5.65. The minimum atomic E-state index is -0.0252. The molecule has 0 radical (unpaired) electrons. The molecule has 2 N–H and O–H groups in total. The zero-order chi connectivity index (χ0) is 9.80. The number of aromatic amines is 1. The second kappa shape index (κ2) is 4.06. The second-order valence-electron chi connectivity index (χ2n) is 2.74. The molecule has 0 aliphatic heterocycles. The molecule has 0 unspecified atom stereocenters. The number of nitrogens with zero attached hydrogens (tertiary/aromatic N) is 1. The van der Waals surface area contributed by atoms with Crippen LogP contribution in [0.3, 0.4) is 0 Å². The van der Waals surface area contributed by atoms with Crippen molar-refractivity contribution in [1.82, 2.24) is 9.97 Å². The van der Waals surface area contributed by atoms with Crippen LogP contribution in [-0.4, -0.2) is 9.97 Å². The Morgan fingerprint density at radius 2 is 2.43 bits per heavy atom. The summed E-state index contributed by atoms with van der Waals surface area (Å²) in [5.74, 6) is 0.805. The van der Waals surface area contributed by atoms with Gasteiger partial charge in [0.25, 0.3) is 0 Å². The van der Waals surface area contributed by atoms with Crippen molar-refractivity contribution < 1.29 is 0 Å². The van der Waals surface area contributed by atoms with Crippen molar-refractivity contribution in [3.8, 4) is 0 Å².